The molecule has 8 heteroatoms. The molecule has 7 nitrogen and oxygen atoms in total. The van der Waals surface area contributed by atoms with Gasteiger partial charge in [0.25, 0.3) is 0 Å². The maximum absolute atomic E-state index is 4.75. The van der Waals surface area contributed by atoms with Gasteiger partial charge in [-0.15, -0.1) is 11.3 Å². The smallest absolute Gasteiger partial charge is 0.179 e. The summed E-state index contributed by atoms with van der Waals surface area (Å²) in [6.45, 7) is 0. The van der Waals surface area contributed by atoms with Crippen LogP contribution in [0.5, 0.6) is 0 Å². The molecule has 0 aliphatic heterocycles. The minimum Gasteiger partial charge on any atom is -0.235 e. The molecule has 0 aliphatic rings. The van der Waals surface area contributed by atoms with Crippen LogP contribution >= 0.6 is 11.3 Å². The van der Waals surface area contributed by atoms with Gasteiger partial charge in [0.15, 0.2) is 23.3 Å². The molecule has 0 saturated heterocycles. The molecule has 7 rings (SSSR count). The molecule has 0 N–H and O–H groups in total. The predicted molar refractivity (Wildman–Crippen MR) is 146 cm³/mol. The summed E-state index contributed by atoms with van der Waals surface area (Å²) >= 11 is 1.64. The molecule has 0 atom stereocenters. The van der Waals surface area contributed by atoms with E-state index in [0.717, 1.165) is 31.4 Å². The third kappa shape index (κ3) is 3.89. The van der Waals surface area contributed by atoms with Gasteiger partial charge in [0.2, 0.25) is 0 Å². The summed E-state index contributed by atoms with van der Waals surface area (Å²) in [5.41, 5.74) is 4.14. The van der Waals surface area contributed by atoms with Crippen LogP contribution in [0.15, 0.2) is 104 Å². The lowest BCUT2D eigenvalue weighted by Gasteiger charge is -2.08. The van der Waals surface area contributed by atoms with Gasteiger partial charge in [-0.2, -0.15) is 0 Å². The summed E-state index contributed by atoms with van der Waals surface area (Å²) < 4.78 is 2.12. The van der Waals surface area contributed by atoms with Crippen molar-refractivity contribution in [1.82, 2.24) is 34.9 Å². The van der Waals surface area contributed by atoms with Crippen LogP contribution in [0.25, 0.3) is 66.0 Å². The minimum atomic E-state index is 0.508. The highest BCUT2D eigenvalue weighted by Crippen LogP contribution is 2.36. The van der Waals surface area contributed by atoms with Gasteiger partial charge in [0, 0.05) is 33.6 Å². The summed E-state index contributed by atoms with van der Waals surface area (Å²) in [5, 5.41) is 1.11. The Bertz CT molecular complexity index is 1810. The van der Waals surface area contributed by atoms with Crippen molar-refractivity contribution in [3.05, 3.63) is 104 Å². The van der Waals surface area contributed by atoms with Gasteiger partial charge in [0.1, 0.15) is 12.0 Å². The second kappa shape index (κ2) is 8.92. The zero-order valence-corrected chi connectivity index (χ0v) is 20.2. The molecule has 4 aromatic heterocycles. The minimum absolute atomic E-state index is 0.508. The van der Waals surface area contributed by atoms with Crippen molar-refractivity contribution in [1.29, 1.82) is 0 Å². The Morgan fingerprint density at radius 1 is 0.486 bits per heavy atom. The van der Waals surface area contributed by atoms with Crippen LogP contribution in [0.2, 0.25) is 0 Å². The van der Waals surface area contributed by atoms with Crippen LogP contribution in [0.4, 0.5) is 0 Å². The second-order valence-corrected chi connectivity index (χ2v) is 9.38. The van der Waals surface area contributed by atoms with E-state index in [4.69, 9.17) is 15.0 Å². The first-order valence-electron chi connectivity index (χ1n) is 11.7. The molecule has 7 aromatic rings. The summed E-state index contributed by atoms with van der Waals surface area (Å²) in [5.74, 6) is 2.23. The van der Waals surface area contributed by atoms with E-state index in [2.05, 4.69) is 32.1 Å². The number of hydrogen-bond donors (Lipinski definition) is 0. The number of fused-ring (bicyclic) bond motifs is 3. The number of thiophene rings is 1. The molecule has 0 saturated carbocycles. The molecule has 37 heavy (non-hydrogen) atoms. The van der Waals surface area contributed by atoms with Crippen molar-refractivity contribution < 1.29 is 0 Å². The zero-order valence-electron chi connectivity index (χ0n) is 19.4. The van der Waals surface area contributed by atoms with Crippen LogP contribution in [0, 0.1) is 0 Å². The Labute approximate surface area is 215 Å². The van der Waals surface area contributed by atoms with Crippen molar-refractivity contribution in [3.63, 3.8) is 0 Å². The van der Waals surface area contributed by atoms with E-state index in [1.165, 1.54) is 0 Å². The van der Waals surface area contributed by atoms with Gasteiger partial charge < -0.3 is 0 Å². The highest BCUT2D eigenvalue weighted by molar-refractivity contribution is 7.26. The standard InChI is InChI=1S/C29H17N7S/c1-3-9-18(10-4-1)26-34-27(19-11-5-2-6-12-19)36-28(35-26)20-15-30-29(31-16-20)24-25-23(32-17-33-24)21-13-7-8-14-22(21)37-25/h1-17H. The number of aromatic nitrogens is 7. The van der Waals surface area contributed by atoms with E-state index >= 15 is 0 Å². The molecule has 174 valence electrons. The van der Waals surface area contributed by atoms with Gasteiger partial charge >= 0.3 is 0 Å². The highest BCUT2D eigenvalue weighted by Gasteiger charge is 2.16. The van der Waals surface area contributed by atoms with E-state index in [-0.39, 0.29) is 0 Å². The lowest BCUT2D eigenvalue weighted by Crippen LogP contribution is -2.01. The van der Waals surface area contributed by atoms with Crippen LogP contribution in [0.1, 0.15) is 0 Å². The maximum Gasteiger partial charge on any atom is 0.179 e. The molecule has 0 aliphatic carbocycles. The number of rotatable bonds is 4. The normalized spacial score (nSPS) is 11.2. The van der Waals surface area contributed by atoms with Gasteiger partial charge in [-0.05, 0) is 6.07 Å². The molecule has 3 aromatic carbocycles. The quantitative estimate of drug-likeness (QED) is 0.276. The summed E-state index contributed by atoms with van der Waals surface area (Å²) in [6.07, 6.45) is 5.04. The third-order valence-electron chi connectivity index (χ3n) is 5.98. The molecule has 4 heterocycles. The molecule has 0 bridgehead atoms. The largest absolute Gasteiger partial charge is 0.235 e. The molecular weight excluding hydrogens is 478 g/mol. The Balaban J connectivity index is 1.33. The maximum atomic E-state index is 4.75. The van der Waals surface area contributed by atoms with Crippen molar-refractivity contribution >= 4 is 31.6 Å². The first kappa shape index (κ1) is 21.3. The summed E-state index contributed by atoms with van der Waals surface area (Å²) in [6, 6.07) is 28.0. The van der Waals surface area contributed by atoms with Crippen LogP contribution in [-0.4, -0.2) is 34.9 Å². The number of nitrogens with zero attached hydrogens (tertiary/aromatic N) is 7. The third-order valence-corrected chi connectivity index (χ3v) is 7.15. The van der Waals surface area contributed by atoms with Gasteiger partial charge in [0.05, 0.1) is 15.8 Å². The highest BCUT2D eigenvalue weighted by atomic mass is 32.1. The Hall–Kier alpha value is -4.95. The van der Waals surface area contributed by atoms with E-state index in [9.17, 15) is 0 Å². The summed E-state index contributed by atoms with van der Waals surface area (Å²) in [4.78, 5) is 32.6. The van der Waals surface area contributed by atoms with Gasteiger partial charge in [-0.25, -0.2) is 34.9 Å². The fourth-order valence-corrected chi connectivity index (χ4v) is 5.33. The average molecular weight is 496 g/mol. The van der Waals surface area contributed by atoms with Crippen LogP contribution < -0.4 is 0 Å². The van der Waals surface area contributed by atoms with Gasteiger partial charge in [-0.1, -0.05) is 78.9 Å². The SMILES string of the molecule is c1ccc(-c2nc(-c3ccccc3)nc(-c3cnc(-c4ncnc5c4sc4ccccc45)nc3)n2)cc1. The first-order chi connectivity index (χ1) is 18.3. The summed E-state index contributed by atoms with van der Waals surface area (Å²) in [7, 11) is 0. The number of benzene rings is 3. The fourth-order valence-electron chi connectivity index (χ4n) is 4.19. The number of hydrogen-bond acceptors (Lipinski definition) is 8. The Kier molecular flexibility index (Phi) is 5.15. The molecular formula is C29H17N7S. The monoisotopic (exact) mass is 495 g/mol. The van der Waals surface area contributed by atoms with Crippen molar-refractivity contribution in [2.75, 3.05) is 0 Å². The second-order valence-electron chi connectivity index (χ2n) is 8.33. The Morgan fingerprint density at radius 2 is 1.05 bits per heavy atom. The molecule has 0 radical (unpaired) electrons. The molecule has 0 amide bonds. The van der Waals surface area contributed by atoms with Gasteiger partial charge in [-0.3, -0.25) is 0 Å². The van der Waals surface area contributed by atoms with Crippen LogP contribution in [0.3, 0.4) is 0 Å². The van der Waals surface area contributed by atoms with Crippen LogP contribution in [-0.2, 0) is 0 Å². The first-order valence-corrected chi connectivity index (χ1v) is 12.5. The Morgan fingerprint density at radius 3 is 1.70 bits per heavy atom. The molecule has 0 unspecified atom stereocenters. The van der Waals surface area contributed by atoms with E-state index in [1.807, 2.05) is 72.8 Å². The molecule has 0 fully saturated rings. The fraction of sp³-hybridized carbons (Fsp3) is 0. The lowest BCUT2D eigenvalue weighted by molar-refractivity contribution is 1.06. The van der Waals surface area contributed by atoms with E-state index in [1.54, 1.807) is 30.1 Å². The zero-order chi connectivity index (χ0) is 24.6. The van der Waals surface area contributed by atoms with Crippen molar-refractivity contribution in [3.8, 4) is 45.7 Å². The van der Waals surface area contributed by atoms with E-state index < -0.39 is 0 Å². The topological polar surface area (TPSA) is 90.2 Å². The molecule has 0 spiro atoms. The van der Waals surface area contributed by atoms with E-state index in [0.29, 0.717) is 34.6 Å². The predicted octanol–water partition coefficient (Wildman–Crippen LogP) is 6.49. The average Bonchev–Trinajstić information content (AvgIpc) is 3.37. The van der Waals surface area contributed by atoms with Crippen molar-refractivity contribution in [2.45, 2.75) is 0 Å². The lowest BCUT2D eigenvalue weighted by atomic mass is 10.2. The van der Waals surface area contributed by atoms with Crippen molar-refractivity contribution in [2.24, 2.45) is 0 Å².